The molecule has 0 amide bonds. The fourth-order valence-corrected chi connectivity index (χ4v) is 1.96. The van der Waals surface area contributed by atoms with Gasteiger partial charge in [0.1, 0.15) is 0 Å². The highest BCUT2D eigenvalue weighted by Crippen LogP contribution is 2.27. The number of aryl methyl sites for hydroxylation is 1. The van der Waals surface area contributed by atoms with Gasteiger partial charge in [0.2, 0.25) is 0 Å². The molecule has 15 heavy (non-hydrogen) atoms. The summed E-state index contributed by atoms with van der Waals surface area (Å²) < 4.78 is 0. The summed E-state index contributed by atoms with van der Waals surface area (Å²) in [5.41, 5.74) is 5.71. The summed E-state index contributed by atoms with van der Waals surface area (Å²) in [5, 5.41) is 0. The summed E-state index contributed by atoms with van der Waals surface area (Å²) in [5.74, 6) is 0. The summed E-state index contributed by atoms with van der Waals surface area (Å²) in [6.07, 6.45) is 8.10. The summed E-state index contributed by atoms with van der Waals surface area (Å²) in [6.45, 7) is 4.42. The van der Waals surface area contributed by atoms with E-state index in [1.54, 1.807) is 5.57 Å². The van der Waals surface area contributed by atoms with Gasteiger partial charge in [0, 0.05) is 0 Å². The Hall–Kier alpha value is -1.30. The standard InChI is InChI=1S/C15H18/c1-3-12-5-8-14(9-6-12)15-10-7-13(4-2)11-15/h5-6,8-11H,3-4,7H2,1-2H3. The molecule has 0 aliphatic heterocycles. The van der Waals surface area contributed by atoms with Crippen LogP contribution in [0.15, 0.2) is 42.0 Å². The van der Waals surface area contributed by atoms with Gasteiger partial charge in [0.15, 0.2) is 0 Å². The van der Waals surface area contributed by atoms with Gasteiger partial charge in [-0.3, -0.25) is 0 Å². The van der Waals surface area contributed by atoms with Gasteiger partial charge in [-0.1, -0.05) is 55.8 Å². The molecule has 78 valence electrons. The van der Waals surface area contributed by atoms with Crippen LogP contribution < -0.4 is 0 Å². The molecule has 0 spiro atoms. The first-order chi connectivity index (χ1) is 7.33. The second-order valence-electron chi connectivity index (χ2n) is 4.07. The van der Waals surface area contributed by atoms with E-state index in [-0.39, 0.29) is 0 Å². The van der Waals surface area contributed by atoms with Crippen molar-refractivity contribution < 1.29 is 0 Å². The van der Waals surface area contributed by atoms with Crippen molar-refractivity contribution in [2.45, 2.75) is 33.1 Å². The Balaban J connectivity index is 2.20. The van der Waals surface area contributed by atoms with Gasteiger partial charge in [-0.2, -0.15) is 0 Å². The molecule has 1 aromatic carbocycles. The smallest absolute Gasteiger partial charge is 0.0126 e. The number of rotatable bonds is 3. The maximum Gasteiger partial charge on any atom is -0.0126 e. The fraction of sp³-hybridized carbons (Fsp3) is 0.333. The Morgan fingerprint density at radius 2 is 1.73 bits per heavy atom. The molecule has 0 heterocycles. The van der Waals surface area contributed by atoms with Crippen molar-refractivity contribution >= 4 is 5.57 Å². The molecule has 0 N–H and O–H groups in total. The first-order valence-electron chi connectivity index (χ1n) is 5.82. The van der Waals surface area contributed by atoms with Crippen LogP contribution in [0.3, 0.4) is 0 Å². The van der Waals surface area contributed by atoms with E-state index >= 15 is 0 Å². The van der Waals surface area contributed by atoms with Crippen LogP contribution in [0.2, 0.25) is 0 Å². The topological polar surface area (TPSA) is 0 Å². The van der Waals surface area contributed by atoms with Gasteiger partial charge < -0.3 is 0 Å². The van der Waals surface area contributed by atoms with Crippen LogP contribution in [0.4, 0.5) is 0 Å². The highest BCUT2D eigenvalue weighted by atomic mass is 14.1. The van der Waals surface area contributed by atoms with E-state index < -0.39 is 0 Å². The average Bonchev–Trinajstić information content (AvgIpc) is 2.78. The molecular formula is C15H18. The first-order valence-corrected chi connectivity index (χ1v) is 5.82. The van der Waals surface area contributed by atoms with Crippen molar-refractivity contribution in [3.8, 4) is 0 Å². The van der Waals surface area contributed by atoms with Gasteiger partial charge >= 0.3 is 0 Å². The van der Waals surface area contributed by atoms with Gasteiger partial charge in [0.25, 0.3) is 0 Å². The van der Waals surface area contributed by atoms with Gasteiger partial charge in [0.05, 0.1) is 0 Å². The zero-order valence-corrected chi connectivity index (χ0v) is 9.59. The molecule has 2 rings (SSSR count). The van der Waals surface area contributed by atoms with Crippen LogP contribution in [-0.4, -0.2) is 0 Å². The Morgan fingerprint density at radius 1 is 1.00 bits per heavy atom. The van der Waals surface area contributed by atoms with Crippen LogP contribution in [-0.2, 0) is 6.42 Å². The normalized spacial score (nSPS) is 15.1. The molecule has 0 nitrogen and oxygen atoms in total. The second kappa shape index (κ2) is 4.48. The molecular weight excluding hydrogens is 180 g/mol. The molecule has 0 saturated heterocycles. The number of hydrogen-bond acceptors (Lipinski definition) is 0. The minimum atomic E-state index is 1.12. The summed E-state index contributed by atoms with van der Waals surface area (Å²) in [6, 6.07) is 8.93. The van der Waals surface area contributed by atoms with Crippen LogP contribution in [0, 0.1) is 0 Å². The second-order valence-corrected chi connectivity index (χ2v) is 4.07. The lowest BCUT2D eigenvalue weighted by atomic mass is 10.0. The molecule has 0 radical (unpaired) electrons. The lowest BCUT2D eigenvalue weighted by Crippen LogP contribution is -1.82. The van der Waals surface area contributed by atoms with Crippen LogP contribution >= 0.6 is 0 Å². The fourth-order valence-electron chi connectivity index (χ4n) is 1.96. The monoisotopic (exact) mass is 198 g/mol. The lowest BCUT2D eigenvalue weighted by molar-refractivity contribution is 1.05. The summed E-state index contributed by atoms with van der Waals surface area (Å²) in [7, 11) is 0. The van der Waals surface area contributed by atoms with Crippen molar-refractivity contribution in [2.24, 2.45) is 0 Å². The molecule has 0 saturated carbocycles. The Kier molecular flexibility index (Phi) is 3.05. The first kappa shape index (κ1) is 10.2. The largest absolute Gasteiger partial charge is 0.0726 e. The van der Waals surface area contributed by atoms with Crippen molar-refractivity contribution in [3.63, 3.8) is 0 Å². The Morgan fingerprint density at radius 3 is 2.27 bits per heavy atom. The predicted octanol–water partition coefficient (Wildman–Crippen LogP) is 4.37. The van der Waals surface area contributed by atoms with E-state index in [0.29, 0.717) is 0 Å². The average molecular weight is 198 g/mol. The van der Waals surface area contributed by atoms with E-state index in [0.717, 1.165) is 12.8 Å². The molecule has 1 aromatic rings. The third-order valence-electron chi connectivity index (χ3n) is 3.09. The van der Waals surface area contributed by atoms with E-state index in [4.69, 9.17) is 0 Å². The summed E-state index contributed by atoms with van der Waals surface area (Å²) in [4.78, 5) is 0. The zero-order valence-electron chi connectivity index (χ0n) is 9.59. The Labute approximate surface area is 92.3 Å². The zero-order chi connectivity index (χ0) is 10.7. The Bertz CT molecular complexity index is 391. The van der Waals surface area contributed by atoms with Crippen LogP contribution in [0.5, 0.6) is 0 Å². The molecule has 0 fully saturated rings. The minimum Gasteiger partial charge on any atom is -0.0726 e. The maximum absolute atomic E-state index is 2.33. The molecule has 1 aliphatic carbocycles. The van der Waals surface area contributed by atoms with Crippen molar-refractivity contribution in [1.29, 1.82) is 0 Å². The van der Waals surface area contributed by atoms with Crippen LogP contribution in [0.1, 0.15) is 37.8 Å². The lowest BCUT2D eigenvalue weighted by Gasteiger charge is -2.01. The van der Waals surface area contributed by atoms with E-state index in [1.165, 1.54) is 23.1 Å². The molecule has 0 atom stereocenters. The maximum atomic E-state index is 2.33. The molecule has 1 aliphatic rings. The van der Waals surface area contributed by atoms with Crippen molar-refractivity contribution in [2.75, 3.05) is 0 Å². The molecule has 0 heteroatoms. The number of benzene rings is 1. The van der Waals surface area contributed by atoms with E-state index in [2.05, 4.69) is 50.3 Å². The molecule has 0 aromatic heterocycles. The van der Waals surface area contributed by atoms with Crippen molar-refractivity contribution in [3.05, 3.63) is 53.1 Å². The highest BCUT2D eigenvalue weighted by molar-refractivity contribution is 5.77. The van der Waals surface area contributed by atoms with Gasteiger partial charge in [-0.05, 0) is 36.0 Å². The summed E-state index contributed by atoms with van der Waals surface area (Å²) >= 11 is 0. The van der Waals surface area contributed by atoms with E-state index in [9.17, 15) is 0 Å². The number of allylic oxidation sites excluding steroid dienone is 4. The van der Waals surface area contributed by atoms with Crippen LogP contribution in [0.25, 0.3) is 5.57 Å². The quantitative estimate of drug-likeness (QED) is 0.676. The third-order valence-corrected chi connectivity index (χ3v) is 3.09. The third kappa shape index (κ3) is 2.20. The highest BCUT2D eigenvalue weighted by Gasteiger charge is 2.06. The van der Waals surface area contributed by atoms with Gasteiger partial charge in [-0.25, -0.2) is 0 Å². The molecule has 0 bridgehead atoms. The molecule has 0 unspecified atom stereocenters. The predicted molar refractivity (Wildman–Crippen MR) is 66.8 cm³/mol. The van der Waals surface area contributed by atoms with Gasteiger partial charge in [-0.15, -0.1) is 0 Å². The van der Waals surface area contributed by atoms with E-state index in [1.807, 2.05) is 0 Å². The number of hydrogen-bond donors (Lipinski definition) is 0. The SMILES string of the molecule is CCC1=CC(c2ccc(CC)cc2)=CC1. The minimum absolute atomic E-state index is 1.12. The van der Waals surface area contributed by atoms with Crippen molar-refractivity contribution in [1.82, 2.24) is 0 Å².